The zero-order valence-electron chi connectivity index (χ0n) is 16.7. The number of nitrogens with one attached hydrogen (secondary N) is 1. The van der Waals surface area contributed by atoms with Gasteiger partial charge in [0, 0.05) is 25.7 Å². The van der Waals surface area contributed by atoms with Crippen LogP contribution in [0.3, 0.4) is 0 Å². The molecule has 29 heavy (non-hydrogen) atoms. The summed E-state index contributed by atoms with van der Waals surface area (Å²) >= 11 is 0. The maximum atomic E-state index is 13.1. The van der Waals surface area contributed by atoms with Crippen molar-refractivity contribution in [3.63, 3.8) is 0 Å². The standard InChI is InChI=1S/C21H24N4O4/c1-4-29-21(28)15-9-10-18(22-12-15)24(3)13-20(27)25-14(2)11-19(26)23-16-7-5-6-8-17(16)25/h5-10,12,14H,4,11,13H2,1-3H3,(H,23,26). The van der Waals surface area contributed by atoms with Crippen LogP contribution in [0.5, 0.6) is 0 Å². The SMILES string of the molecule is CCOC(=O)c1ccc(N(C)CC(=O)N2c3ccccc3NC(=O)CC2C)nc1. The van der Waals surface area contributed by atoms with Crippen molar-refractivity contribution in [2.45, 2.75) is 26.3 Å². The lowest BCUT2D eigenvalue weighted by molar-refractivity contribution is -0.118. The Morgan fingerprint density at radius 3 is 2.72 bits per heavy atom. The predicted octanol–water partition coefficient (Wildman–Crippen LogP) is 2.46. The van der Waals surface area contributed by atoms with Crippen molar-refractivity contribution in [3.05, 3.63) is 48.2 Å². The number of carbonyl (C=O) groups is 3. The van der Waals surface area contributed by atoms with Crippen molar-refractivity contribution in [3.8, 4) is 0 Å². The Labute approximate surface area is 169 Å². The lowest BCUT2D eigenvalue weighted by Gasteiger charge is -2.30. The monoisotopic (exact) mass is 396 g/mol. The third-order valence-electron chi connectivity index (χ3n) is 4.65. The van der Waals surface area contributed by atoms with Crippen LogP contribution in [0.25, 0.3) is 0 Å². The Morgan fingerprint density at radius 2 is 2.03 bits per heavy atom. The molecule has 0 fully saturated rings. The van der Waals surface area contributed by atoms with E-state index in [-0.39, 0.29) is 30.8 Å². The quantitative estimate of drug-likeness (QED) is 0.781. The highest BCUT2D eigenvalue weighted by Gasteiger charge is 2.30. The molecule has 3 rings (SSSR count). The molecule has 0 spiro atoms. The van der Waals surface area contributed by atoms with Crippen LogP contribution in [-0.4, -0.2) is 49.0 Å². The molecule has 152 valence electrons. The Kier molecular flexibility index (Phi) is 6.11. The summed E-state index contributed by atoms with van der Waals surface area (Å²) in [5.41, 5.74) is 1.65. The predicted molar refractivity (Wildman–Crippen MR) is 110 cm³/mol. The van der Waals surface area contributed by atoms with Gasteiger partial charge in [-0.1, -0.05) is 12.1 Å². The first-order valence-electron chi connectivity index (χ1n) is 9.46. The second-order valence-corrected chi connectivity index (χ2v) is 6.86. The van der Waals surface area contributed by atoms with Crippen molar-refractivity contribution < 1.29 is 19.1 Å². The van der Waals surface area contributed by atoms with E-state index in [9.17, 15) is 14.4 Å². The van der Waals surface area contributed by atoms with E-state index in [1.165, 1.54) is 6.20 Å². The van der Waals surface area contributed by atoms with Crippen molar-refractivity contribution in [1.82, 2.24) is 4.98 Å². The van der Waals surface area contributed by atoms with E-state index in [2.05, 4.69) is 10.3 Å². The van der Waals surface area contributed by atoms with Gasteiger partial charge in [0.05, 0.1) is 30.1 Å². The third kappa shape index (κ3) is 4.53. The molecule has 1 N–H and O–H groups in total. The van der Waals surface area contributed by atoms with E-state index in [1.807, 2.05) is 25.1 Å². The number of aromatic nitrogens is 1. The van der Waals surface area contributed by atoms with Crippen LogP contribution in [-0.2, 0) is 14.3 Å². The Morgan fingerprint density at radius 1 is 1.28 bits per heavy atom. The number of pyridine rings is 1. The second-order valence-electron chi connectivity index (χ2n) is 6.86. The molecule has 0 aliphatic carbocycles. The first-order valence-corrected chi connectivity index (χ1v) is 9.46. The number of fused-ring (bicyclic) bond motifs is 1. The Hall–Kier alpha value is -3.42. The summed E-state index contributed by atoms with van der Waals surface area (Å²) in [4.78, 5) is 44.6. The number of carbonyl (C=O) groups excluding carboxylic acids is 3. The fourth-order valence-electron chi connectivity index (χ4n) is 3.27. The van der Waals surface area contributed by atoms with Gasteiger partial charge in [0.25, 0.3) is 0 Å². The van der Waals surface area contributed by atoms with Crippen LogP contribution in [0.4, 0.5) is 17.2 Å². The summed E-state index contributed by atoms with van der Waals surface area (Å²) in [6.45, 7) is 3.95. The molecule has 0 bridgehead atoms. The average Bonchev–Trinajstić information content (AvgIpc) is 2.82. The smallest absolute Gasteiger partial charge is 0.339 e. The number of ether oxygens (including phenoxy) is 1. The van der Waals surface area contributed by atoms with Crippen molar-refractivity contribution in [2.75, 3.05) is 35.3 Å². The fraction of sp³-hybridized carbons (Fsp3) is 0.333. The normalized spacial score (nSPS) is 15.8. The molecule has 2 amide bonds. The van der Waals surface area contributed by atoms with Gasteiger partial charge in [-0.15, -0.1) is 0 Å². The first kappa shape index (κ1) is 20.3. The Balaban J connectivity index is 1.77. The van der Waals surface area contributed by atoms with E-state index < -0.39 is 5.97 Å². The molecule has 1 aromatic heterocycles. The number of likely N-dealkylation sites (N-methyl/N-ethyl adjacent to an activating group) is 1. The molecule has 2 heterocycles. The van der Waals surface area contributed by atoms with E-state index >= 15 is 0 Å². The van der Waals surface area contributed by atoms with Crippen LogP contribution >= 0.6 is 0 Å². The van der Waals surface area contributed by atoms with Crippen LogP contribution in [0.2, 0.25) is 0 Å². The summed E-state index contributed by atoms with van der Waals surface area (Å²) in [5.74, 6) is -0.154. The molecule has 8 nitrogen and oxygen atoms in total. The zero-order chi connectivity index (χ0) is 21.0. The van der Waals surface area contributed by atoms with E-state index in [0.717, 1.165) is 0 Å². The molecule has 2 aromatic rings. The summed E-state index contributed by atoms with van der Waals surface area (Å²) in [6, 6.07) is 10.3. The van der Waals surface area contributed by atoms with Gasteiger partial charge in [-0.05, 0) is 38.1 Å². The van der Waals surface area contributed by atoms with E-state index in [0.29, 0.717) is 29.4 Å². The topological polar surface area (TPSA) is 91.8 Å². The largest absolute Gasteiger partial charge is 0.462 e. The van der Waals surface area contributed by atoms with Crippen LogP contribution in [0.15, 0.2) is 42.6 Å². The average molecular weight is 396 g/mol. The van der Waals surface area contributed by atoms with Gasteiger partial charge in [-0.2, -0.15) is 0 Å². The summed E-state index contributed by atoms with van der Waals surface area (Å²) in [5, 5.41) is 2.85. The number of amides is 2. The number of rotatable bonds is 5. The maximum absolute atomic E-state index is 13.1. The number of anilines is 3. The number of hydrogen-bond acceptors (Lipinski definition) is 6. The number of nitrogens with zero attached hydrogens (tertiary/aromatic N) is 3. The molecule has 1 unspecified atom stereocenters. The fourth-order valence-corrected chi connectivity index (χ4v) is 3.27. The molecule has 0 saturated heterocycles. The highest BCUT2D eigenvalue weighted by molar-refractivity contribution is 6.05. The van der Waals surface area contributed by atoms with Crippen LogP contribution in [0, 0.1) is 0 Å². The second kappa shape index (κ2) is 8.72. The van der Waals surface area contributed by atoms with Gasteiger partial charge in [0.2, 0.25) is 11.8 Å². The molecule has 8 heteroatoms. The lowest BCUT2D eigenvalue weighted by atomic mass is 10.1. The minimum absolute atomic E-state index is 0.0681. The third-order valence-corrected chi connectivity index (χ3v) is 4.65. The van der Waals surface area contributed by atoms with Gasteiger partial charge >= 0.3 is 5.97 Å². The van der Waals surface area contributed by atoms with Crippen molar-refractivity contribution in [1.29, 1.82) is 0 Å². The summed E-state index contributed by atoms with van der Waals surface area (Å²) < 4.78 is 4.95. The summed E-state index contributed by atoms with van der Waals surface area (Å²) in [7, 11) is 1.75. The molecule has 1 atom stereocenters. The number of hydrogen-bond donors (Lipinski definition) is 1. The van der Waals surface area contributed by atoms with Crippen molar-refractivity contribution >= 4 is 35.0 Å². The molecule has 1 aliphatic heterocycles. The first-order chi connectivity index (χ1) is 13.9. The van der Waals surface area contributed by atoms with E-state index in [1.54, 1.807) is 42.0 Å². The highest BCUT2D eigenvalue weighted by atomic mass is 16.5. The zero-order valence-corrected chi connectivity index (χ0v) is 16.7. The van der Waals surface area contributed by atoms with Gasteiger partial charge < -0.3 is 19.9 Å². The molecule has 0 radical (unpaired) electrons. The number of benzene rings is 1. The minimum atomic E-state index is -0.433. The molecular formula is C21H24N4O4. The number of para-hydroxylation sites is 2. The van der Waals surface area contributed by atoms with Gasteiger partial charge in [-0.3, -0.25) is 9.59 Å². The molecule has 1 aromatic carbocycles. The molecule has 1 aliphatic rings. The van der Waals surface area contributed by atoms with Crippen LogP contribution < -0.4 is 15.1 Å². The lowest BCUT2D eigenvalue weighted by Crippen LogP contribution is -2.44. The molecular weight excluding hydrogens is 372 g/mol. The van der Waals surface area contributed by atoms with Crippen LogP contribution in [0.1, 0.15) is 30.6 Å². The highest BCUT2D eigenvalue weighted by Crippen LogP contribution is 2.31. The van der Waals surface area contributed by atoms with Crippen molar-refractivity contribution in [2.24, 2.45) is 0 Å². The van der Waals surface area contributed by atoms with Gasteiger partial charge in [0.1, 0.15) is 5.82 Å². The van der Waals surface area contributed by atoms with E-state index in [4.69, 9.17) is 4.74 Å². The minimum Gasteiger partial charge on any atom is -0.462 e. The number of esters is 1. The van der Waals surface area contributed by atoms with Gasteiger partial charge in [0.15, 0.2) is 0 Å². The Bertz CT molecular complexity index is 913. The summed E-state index contributed by atoms with van der Waals surface area (Å²) in [6.07, 6.45) is 1.65. The maximum Gasteiger partial charge on any atom is 0.339 e. The van der Waals surface area contributed by atoms with Gasteiger partial charge in [-0.25, -0.2) is 9.78 Å². The molecule has 0 saturated carbocycles.